The van der Waals surface area contributed by atoms with Gasteiger partial charge in [0, 0.05) is 16.2 Å². The van der Waals surface area contributed by atoms with Crippen LogP contribution in [0.2, 0.25) is 0 Å². The van der Waals surface area contributed by atoms with Gasteiger partial charge in [0.05, 0.1) is 4.92 Å². The van der Waals surface area contributed by atoms with Crippen molar-refractivity contribution in [3.8, 4) is 5.75 Å². The van der Waals surface area contributed by atoms with Crippen LogP contribution >= 0.6 is 15.9 Å². The summed E-state index contributed by atoms with van der Waals surface area (Å²) in [5.74, 6) is -0.327. The summed E-state index contributed by atoms with van der Waals surface area (Å²) < 4.78 is 6.30. The van der Waals surface area contributed by atoms with Crippen molar-refractivity contribution in [2.75, 3.05) is 5.32 Å². The molecule has 6 nitrogen and oxygen atoms in total. The van der Waals surface area contributed by atoms with E-state index < -0.39 is 11.0 Å². The number of carbonyl (C=O) groups is 1. The highest BCUT2D eigenvalue weighted by atomic mass is 79.9. The molecule has 7 heteroatoms. The van der Waals surface area contributed by atoms with Crippen LogP contribution in [0, 0.1) is 10.1 Å². The smallest absolute Gasteiger partial charge is 0.310 e. The lowest BCUT2D eigenvalue weighted by Crippen LogP contribution is -2.30. The van der Waals surface area contributed by atoms with Gasteiger partial charge in [-0.05, 0) is 37.3 Å². The molecule has 0 saturated heterocycles. The van der Waals surface area contributed by atoms with E-state index in [1.54, 1.807) is 30.3 Å². The maximum atomic E-state index is 12.1. The molecule has 2 aromatic rings. The van der Waals surface area contributed by atoms with Crippen LogP contribution in [0.3, 0.4) is 0 Å². The fourth-order valence-electron chi connectivity index (χ4n) is 1.73. The Labute approximate surface area is 135 Å². The van der Waals surface area contributed by atoms with Crippen molar-refractivity contribution in [1.29, 1.82) is 0 Å². The fraction of sp³-hybridized carbons (Fsp3) is 0.133. The van der Waals surface area contributed by atoms with Crippen LogP contribution in [0.25, 0.3) is 0 Å². The van der Waals surface area contributed by atoms with Crippen LogP contribution in [0.4, 0.5) is 11.4 Å². The molecule has 0 fully saturated rings. The summed E-state index contributed by atoms with van der Waals surface area (Å²) in [5.41, 5.74) is 0.442. The van der Waals surface area contributed by atoms with Gasteiger partial charge < -0.3 is 10.1 Å². The number of carbonyl (C=O) groups excluding carboxylic acids is 1. The van der Waals surface area contributed by atoms with Gasteiger partial charge in [-0.2, -0.15) is 0 Å². The van der Waals surface area contributed by atoms with E-state index in [4.69, 9.17) is 4.74 Å². The molecule has 0 saturated carbocycles. The molecule has 1 unspecified atom stereocenters. The second-order valence-electron chi connectivity index (χ2n) is 4.48. The van der Waals surface area contributed by atoms with Gasteiger partial charge in [-0.1, -0.05) is 28.1 Å². The Balaban J connectivity index is 2.05. The fourth-order valence-corrected chi connectivity index (χ4v) is 1.99. The maximum absolute atomic E-state index is 12.1. The molecule has 0 heterocycles. The standard InChI is InChI=1S/C15H13BrN2O4/c1-10(15(19)17-12-8-6-11(16)7-9-12)22-14-5-3-2-4-13(14)18(20)21/h2-10H,1H3,(H,17,19). The Morgan fingerprint density at radius 3 is 2.50 bits per heavy atom. The second-order valence-corrected chi connectivity index (χ2v) is 5.40. The van der Waals surface area contributed by atoms with E-state index in [0.717, 1.165) is 4.47 Å². The van der Waals surface area contributed by atoms with Crippen LogP contribution in [0.15, 0.2) is 53.0 Å². The molecule has 0 aliphatic rings. The Morgan fingerprint density at radius 1 is 1.23 bits per heavy atom. The van der Waals surface area contributed by atoms with Crippen molar-refractivity contribution < 1.29 is 14.5 Å². The van der Waals surface area contributed by atoms with Crippen molar-refractivity contribution in [2.24, 2.45) is 0 Å². The monoisotopic (exact) mass is 364 g/mol. The molecule has 1 atom stereocenters. The molecule has 0 aromatic heterocycles. The van der Waals surface area contributed by atoms with E-state index in [0.29, 0.717) is 5.69 Å². The molecule has 1 amide bonds. The number of hydrogen-bond acceptors (Lipinski definition) is 4. The summed E-state index contributed by atoms with van der Waals surface area (Å²) in [6.07, 6.45) is -0.871. The minimum atomic E-state index is -0.871. The molecule has 0 bridgehead atoms. The number of ether oxygens (including phenoxy) is 1. The largest absolute Gasteiger partial charge is 0.474 e. The number of nitro benzene ring substituents is 1. The molecule has 0 spiro atoms. The zero-order valence-electron chi connectivity index (χ0n) is 11.7. The lowest BCUT2D eigenvalue weighted by atomic mass is 10.2. The predicted molar refractivity (Wildman–Crippen MR) is 86.0 cm³/mol. The molecule has 1 N–H and O–H groups in total. The van der Waals surface area contributed by atoms with Gasteiger partial charge >= 0.3 is 5.69 Å². The average Bonchev–Trinajstić information content (AvgIpc) is 2.49. The maximum Gasteiger partial charge on any atom is 0.310 e. The highest BCUT2D eigenvalue weighted by Gasteiger charge is 2.20. The van der Waals surface area contributed by atoms with Crippen LogP contribution in [0.5, 0.6) is 5.75 Å². The quantitative estimate of drug-likeness (QED) is 0.646. The van der Waals surface area contributed by atoms with Crippen LogP contribution in [-0.2, 0) is 4.79 Å². The number of hydrogen-bond donors (Lipinski definition) is 1. The van der Waals surface area contributed by atoms with Gasteiger partial charge in [-0.25, -0.2) is 0 Å². The van der Waals surface area contributed by atoms with E-state index in [-0.39, 0.29) is 17.3 Å². The van der Waals surface area contributed by atoms with Gasteiger partial charge in [0.15, 0.2) is 11.9 Å². The lowest BCUT2D eigenvalue weighted by molar-refractivity contribution is -0.386. The van der Waals surface area contributed by atoms with E-state index in [1.165, 1.54) is 25.1 Å². The molecule has 2 aromatic carbocycles. The van der Waals surface area contributed by atoms with Crippen LogP contribution < -0.4 is 10.1 Å². The first-order valence-electron chi connectivity index (χ1n) is 6.44. The number of anilines is 1. The minimum Gasteiger partial charge on any atom is -0.474 e. The summed E-state index contributed by atoms with van der Waals surface area (Å²) in [6.45, 7) is 1.53. The summed E-state index contributed by atoms with van der Waals surface area (Å²) in [7, 11) is 0. The number of halogens is 1. The van der Waals surface area contributed by atoms with E-state index in [9.17, 15) is 14.9 Å². The van der Waals surface area contributed by atoms with Gasteiger partial charge in [0.25, 0.3) is 5.91 Å². The molecule has 0 aliphatic carbocycles. The van der Waals surface area contributed by atoms with Crippen molar-refractivity contribution in [3.63, 3.8) is 0 Å². The SMILES string of the molecule is CC(Oc1ccccc1[N+](=O)[O-])C(=O)Nc1ccc(Br)cc1. The van der Waals surface area contributed by atoms with Crippen molar-refractivity contribution in [3.05, 3.63) is 63.1 Å². The highest BCUT2D eigenvalue weighted by molar-refractivity contribution is 9.10. The van der Waals surface area contributed by atoms with Gasteiger partial charge in [-0.3, -0.25) is 14.9 Å². The number of nitrogens with zero attached hydrogens (tertiary/aromatic N) is 1. The molecule has 22 heavy (non-hydrogen) atoms. The Bertz CT molecular complexity index is 688. The summed E-state index contributed by atoms with van der Waals surface area (Å²) in [5, 5.41) is 13.6. The van der Waals surface area contributed by atoms with Crippen molar-refractivity contribution >= 4 is 33.2 Å². The topological polar surface area (TPSA) is 81.5 Å². The summed E-state index contributed by atoms with van der Waals surface area (Å²) in [4.78, 5) is 22.4. The second kappa shape index (κ2) is 7.04. The number of nitro groups is 1. The van der Waals surface area contributed by atoms with Crippen LogP contribution in [0.1, 0.15) is 6.92 Å². The van der Waals surface area contributed by atoms with Crippen molar-refractivity contribution in [2.45, 2.75) is 13.0 Å². The van der Waals surface area contributed by atoms with Gasteiger partial charge in [0.1, 0.15) is 0 Å². The van der Waals surface area contributed by atoms with Gasteiger partial charge in [0.2, 0.25) is 0 Å². The third-order valence-electron chi connectivity index (χ3n) is 2.85. The lowest BCUT2D eigenvalue weighted by Gasteiger charge is -2.14. The Kier molecular flexibility index (Phi) is 5.11. The first-order valence-corrected chi connectivity index (χ1v) is 7.23. The predicted octanol–water partition coefficient (Wildman–Crippen LogP) is 3.76. The minimum absolute atomic E-state index is 0.0611. The van der Waals surface area contributed by atoms with Gasteiger partial charge in [-0.15, -0.1) is 0 Å². The van der Waals surface area contributed by atoms with Crippen molar-refractivity contribution in [1.82, 2.24) is 0 Å². The number of benzene rings is 2. The summed E-state index contributed by atoms with van der Waals surface area (Å²) >= 11 is 3.31. The van der Waals surface area contributed by atoms with E-state index in [2.05, 4.69) is 21.2 Å². The third-order valence-corrected chi connectivity index (χ3v) is 3.38. The normalized spacial score (nSPS) is 11.5. The Hall–Kier alpha value is -2.41. The number of amides is 1. The molecular formula is C15H13BrN2O4. The molecule has 0 radical (unpaired) electrons. The van der Waals surface area contributed by atoms with E-state index >= 15 is 0 Å². The third kappa shape index (κ3) is 4.05. The van der Waals surface area contributed by atoms with E-state index in [1.807, 2.05) is 0 Å². The highest BCUT2D eigenvalue weighted by Crippen LogP contribution is 2.27. The number of para-hydroxylation sites is 2. The average molecular weight is 365 g/mol. The van der Waals surface area contributed by atoms with Crippen LogP contribution in [-0.4, -0.2) is 16.9 Å². The number of rotatable bonds is 5. The summed E-state index contributed by atoms with van der Waals surface area (Å²) in [6, 6.07) is 13.0. The molecule has 2 rings (SSSR count). The number of nitrogens with one attached hydrogen (secondary N) is 1. The molecular weight excluding hydrogens is 352 g/mol. The first-order chi connectivity index (χ1) is 10.5. The zero-order valence-corrected chi connectivity index (χ0v) is 13.2. The first kappa shape index (κ1) is 16.0. The molecule has 0 aliphatic heterocycles. The molecule has 114 valence electrons. The Morgan fingerprint density at radius 2 is 1.86 bits per heavy atom. The zero-order chi connectivity index (χ0) is 16.1.